The molecule has 1 aliphatic rings. The van der Waals surface area contributed by atoms with Crippen LogP contribution in [0.2, 0.25) is 0 Å². The lowest BCUT2D eigenvalue weighted by Crippen LogP contribution is -1.95. The predicted octanol–water partition coefficient (Wildman–Crippen LogP) is 9.76. The number of aromatic nitrogens is 4. The van der Waals surface area contributed by atoms with E-state index in [4.69, 9.17) is 9.97 Å². The van der Waals surface area contributed by atoms with Gasteiger partial charge in [0.15, 0.2) is 5.78 Å². The smallest absolute Gasteiger partial charge is 0.194 e. The molecule has 0 spiro atoms. The van der Waals surface area contributed by atoms with E-state index in [1.165, 1.54) is 0 Å². The first-order valence-electron chi connectivity index (χ1n) is 16.2. The second-order valence-corrected chi connectivity index (χ2v) is 12.3. The monoisotopic (exact) mass is 648 g/mol. The molecular weight excluding hydrogens is 620 g/mol. The molecule has 0 atom stereocenters. The van der Waals surface area contributed by atoms with Gasteiger partial charge in [0.25, 0.3) is 0 Å². The van der Waals surface area contributed by atoms with E-state index in [2.05, 4.69) is 22.1 Å². The Morgan fingerprint density at radius 1 is 0.400 bits per heavy atom. The topological polar surface area (TPSA) is 115 Å². The summed E-state index contributed by atoms with van der Waals surface area (Å²) in [6.07, 6.45) is 0. The molecule has 0 fully saturated rings. The Morgan fingerprint density at radius 3 is 1.36 bits per heavy atom. The molecule has 7 heteroatoms. The molecule has 0 radical (unpaired) electrons. The maximum absolute atomic E-state index is 13.7. The van der Waals surface area contributed by atoms with Crippen molar-refractivity contribution in [3.63, 3.8) is 0 Å². The van der Waals surface area contributed by atoms with E-state index in [0.717, 1.165) is 67.3 Å². The van der Waals surface area contributed by atoms with Crippen molar-refractivity contribution in [3.05, 3.63) is 157 Å². The minimum absolute atomic E-state index is 0.0131. The van der Waals surface area contributed by atoms with Gasteiger partial charge in [-0.2, -0.15) is 0 Å². The molecule has 0 unspecified atom stereocenters. The van der Waals surface area contributed by atoms with E-state index >= 15 is 0 Å². The first-order valence-corrected chi connectivity index (χ1v) is 16.2. The molecule has 0 amide bonds. The van der Waals surface area contributed by atoms with Crippen LogP contribution in [0, 0.1) is 0 Å². The molecule has 238 valence electrons. The van der Waals surface area contributed by atoms with Crippen molar-refractivity contribution in [3.8, 4) is 90.4 Å². The third kappa shape index (κ3) is 4.96. The van der Waals surface area contributed by atoms with Crippen LogP contribution in [0.3, 0.4) is 0 Å². The number of aromatic hydroxyl groups is 2. The summed E-state index contributed by atoms with van der Waals surface area (Å²) in [7, 11) is 0. The number of phenols is 2. The van der Waals surface area contributed by atoms with Crippen LogP contribution in [-0.2, 0) is 0 Å². The van der Waals surface area contributed by atoms with Crippen LogP contribution in [0.4, 0.5) is 0 Å². The number of nitrogens with one attached hydrogen (secondary N) is 2. The largest absolute Gasteiger partial charge is 0.508 e. The number of imidazole rings is 2. The van der Waals surface area contributed by atoms with E-state index in [9.17, 15) is 15.0 Å². The third-order valence-electron chi connectivity index (χ3n) is 9.18. The van der Waals surface area contributed by atoms with E-state index < -0.39 is 0 Å². The van der Waals surface area contributed by atoms with Crippen molar-refractivity contribution in [2.24, 2.45) is 0 Å². The molecule has 2 aromatic heterocycles. The molecule has 50 heavy (non-hydrogen) atoms. The Labute approximate surface area is 287 Å². The summed E-state index contributed by atoms with van der Waals surface area (Å²) >= 11 is 0. The summed E-state index contributed by atoms with van der Waals surface area (Å²) in [5, 5.41) is 19.7. The summed E-state index contributed by atoms with van der Waals surface area (Å²) in [5.74, 6) is 1.71. The highest BCUT2D eigenvalue weighted by Crippen LogP contribution is 2.43. The highest BCUT2D eigenvalue weighted by Gasteiger charge is 2.29. The minimum Gasteiger partial charge on any atom is -0.508 e. The molecular formula is C43H28N4O3. The number of ketones is 1. The Balaban J connectivity index is 1.18. The van der Waals surface area contributed by atoms with Gasteiger partial charge in [-0.15, -0.1) is 0 Å². The second-order valence-electron chi connectivity index (χ2n) is 12.3. The maximum Gasteiger partial charge on any atom is 0.194 e. The Kier molecular flexibility index (Phi) is 6.77. The van der Waals surface area contributed by atoms with Crippen LogP contribution in [-0.4, -0.2) is 35.9 Å². The molecule has 6 aromatic carbocycles. The van der Waals surface area contributed by atoms with Crippen LogP contribution in [0.5, 0.6) is 11.5 Å². The van der Waals surface area contributed by atoms with Crippen LogP contribution < -0.4 is 0 Å². The van der Waals surface area contributed by atoms with Crippen LogP contribution in [0.15, 0.2) is 146 Å². The molecule has 0 aliphatic heterocycles. The van der Waals surface area contributed by atoms with E-state index in [0.29, 0.717) is 22.8 Å². The first-order chi connectivity index (χ1) is 24.5. The van der Waals surface area contributed by atoms with Gasteiger partial charge in [0.05, 0.1) is 22.8 Å². The van der Waals surface area contributed by atoms with Gasteiger partial charge in [-0.3, -0.25) is 4.79 Å². The van der Waals surface area contributed by atoms with Crippen molar-refractivity contribution in [1.82, 2.24) is 19.9 Å². The Bertz CT molecular complexity index is 2370. The molecule has 1 aliphatic carbocycles. The normalized spacial score (nSPS) is 11.8. The lowest BCUT2D eigenvalue weighted by Gasteiger charge is -2.08. The standard InChI is InChI=1S/C43H28N4O3/c48-31-17-11-27(12-18-31)42-44-37(25-7-3-1-4-8-25)39(46-42)29-15-21-33-35(23-29)36-24-30(16-22-34(36)41(33)50)40-38(26-9-5-2-6-10-26)45-43(47-40)28-13-19-32(49)20-14-28/h1-24,48-49H,(H,44,46)(H,45,47). The van der Waals surface area contributed by atoms with Crippen molar-refractivity contribution < 1.29 is 15.0 Å². The Morgan fingerprint density at radius 2 is 0.820 bits per heavy atom. The van der Waals surface area contributed by atoms with Crippen LogP contribution >= 0.6 is 0 Å². The molecule has 0 bridgehead atoms. The summed E-state index contributed by atoms with van der Waals surface area (Å²) in [5.41, 5.74) is 11.6. The van der Waals surface area contributed by atoms with E-state index in [-0.39, 0.29) is 17.3 Å². The number of rotatable bonds is 6. The number of fused-ring (bicyclic) bond motifs is 3. The van der Waals surface area contributed by atoms with Crippen LogP contribution in [0.1, 0.15) is 15.9 Å². The number of phenolic OH excluding ortho intramolecular Hbond substituents is 2. The van der Waals surface area contributed by atoms with Gasteiger partial charge in [0.1, 0.15) is 23.1 Å². The SMILES string of the molecule is O=C1c2ccc(-c3nc(-c4ccc(O)cc4)[nH]c3-c3ccccc3)cc2-c2cc(-c3[nH]c(-c4ccc(O)cc4)nc3-c3ccccc3)ccc21. The van der Waals surface area contributed by atoms with Gasteiger partial charge in [0, 0.05) is 44.5 Å². The zero-order valence-corrected chi connectivity index (χ0v) is 26.6. The van der Waals surface area contributed by atoms with Crippen molar-refractivity contribution in [2.45, 2.75) is 0 Å². The van der Waals surface area contributed by atoms with Crippen molar-refractivity contribution in [1.29, 1.82) is 0 Å². The van der Waals surface area contributed by atoms with Crippen molar-refractivity contribution in [2.75, 3.05) is 0 Å². The van der Waals surface area contributed by atoms with Gasteiger partial charge in [-0.25, -0.2) is 9.97 Å². The number of nitrogens with zero attached hydrogens (tertiary/aromatic N) is 2. The maximum atomic E-state index is 13.7. The number of carbonyl (C=O) groups excluding carboxylic acids is 1. The number of carbonyl (C=O) groups is 1. The molecule has 4 N–H and O–H groups in total. The highest BCUT2D eigenvalue weighted by molar-refractivity contribution is 6.22. The lowest BCUT2D eigenvalue weighted by molar-refractivity contribution is 0.104. The molecule has 0 saturated heterocycles. The molecule has 8 aromatic rings. The number of H-pyrrole nitrogens is 2. The lowest BCUT2D eigenvalue weighted by atomic mass is 9.97. The second kappa shape index (κ2) is 11.6. The number of aromatic amines is 2. The summed E-state index contributed by atoms with van der Waals surface area (Å²) in [6.45, 7) is 0. The summed E-state index contributed by atoms with van der Waals surface area (Å²) in [4.78, 5) is 30.8. The third-order valence-corrected chi connectivity index (χ3v) is 9.18. The van der Waals surface area contributed by atoms with Gasteiger partial charge in [-0.1, -0.05) is 72.8 Å². The van der Waals surface area contributed by atoms with Gasteiger partial charge in [0.2, 0.25) is 0 Å². The predicted molar refractivity (Wildman–Crippen MR) is 196 cm³/mol. The van der Waals surface area contributed by atoms with Gasteiger partial charge >= 0.3 is 0 Å². The number of hydrogen-bond donors (Lipinski definition) is 4. The highest BCUT2D eigenvalue weighted by atomic mass is 16.3. The Hall–Kier alpha value is -6.99. The quantitative estimate of drug-likeness (QED) is 0.143. The van der Waals surface area contributed by atoms with E-state index in [1.807, 2.05) is 109 Å². The van der Waals surface area contributed by atoms with Crippen LogP contribution in [0.25, 0.3) is 78.9 Å². The fourth-order valence-corrected chi connectivity index (χ4v) is 6.67. The minimum atomic E-state index is -0.0131. The zero-order chi connectivity index (χ0) is 33.8. The molecule has 9 rings (SSSR count). The van der Waals surface area contributed by atoms with Gasteiger partial charge < -0.3 is 20.2 Å². The number of hydrogen-bond acceptors (Lipinski definition) is 5. The van der Waals surface area contributed by atoms with Gasteiger partial charge in [-0.05, 0) is 83.9 Å². The first kappa shape index (κ1) is 29.2. The molecule has 2 heterocycles. The zero-order valence-electron chi connectivity index (χ0n) is 26.6. The fraction of sp³-hybridized carbons (Fsp3) is 0. The van der Waals surface area contributed by atoms with Crippen molar-refractivity contribution >= 4 is 5.78 Å². The number of benzene rings is 6. The van der Waals surface area contributed by atoms with E-state index in [1.54, 1.807) is 24.3 Å². The fourth-order valence-electron chi connectivity index (χ4n) is 6.67. The average molecular weight is 649 g/mol. The molecule has 0 saturated carbocycles. The molecule has 7 nitrogen and oxygen atoms in total. The average Bonchev–Trinajstić information content (AvgIpc) is 3.88. The summed E-state index contributed by atoms with van der Waals surface area (Å²) < 4.78 is 0. The summed E-state index contributed by atoms with van der Waals surface area (Å²) in [6, 6.07) is 45.8.